The van der Waals surface area contributed by atoms with Gasteiger partial charge in [0.15, 0.2) is 0 Å². The van der Waals surface area contributed by atoms with Crippen molar-refractivity contribution in [3.8, 4) is 0 Å². The van der Waals surface area contributed by atoms with Crippen LogP contribution < -0.4 is 0 Å². The SMILES string of the molecule is Cc1ccc2c(c1S)CCC2. The highest BCUT2D eigenvalue weighted by atomic mass is 32.1. The van der Waals surface area contributed by atoms with Crippen molar-refractivity contribution >= 4 is 12.6 Å². The van der Waals surface area contributed by atoms with Crippen LogP contribution in [0.2, 0.25) is 0 Å². The third kappa shape index (κ3) is 1.08. The van der Waals surface area contributed by atoms with Crippen molar-refractivity contribution in [3.05, 3.63) is 28.8 Å². The first kappa shape index (κ1) is 7.23. The number of benzene rings is 1. The number of fused-ring (bicyclic) bond motifs is 1. The van der Waals surface area contributed by atoms with Crippen LogP contribution >= 0.6 is 12.6 Å². The molecule has 0 saturated carbocycles. The zero-order chi connectivity index (χ0) is 7.84. The van der Waals surface area contributed by atoms with Gasteiger partial charge in [0, 0.05) is 4.90 Å². The van der Waals surface area contributed by atoms with Crippen LogP contribution in [0, 0.1) is 6.92 Å². The lowest BCUT2D eigenvalue weighted by molar-refractivity contribution is 0.905. The first-order valence-corrected chi connectivity index (χ1v) is 4.54. The summed E-state index contributed by atoms with van der Waals surface area (Å²) in [6, 6.07) is 4.42. The van der Waals surface area contributed by atoms with Gasteiger partial charge in [-0.05, 0) is 42.9 Å². The van der Waals surface area contributed by atoms with E-state index in [-0.39, 0.29) is 0 Å². The maximum atomic E-state index is 4.50. The monoisotopic (exact) mass is 164 g/mol. The summed E-state index contributed by atoms with van der Waals surface area (Å²) in [6.07, 6.45) is 3.80. The Morgan fingerprint density at radius 1 is 1.27 bits per heavy atom. The standard InChI is InChI=1S/C10H12S/c1-7-5-6-8-3-2-4-9(8)10(7)11/h5-6,11H,2-4H2,1H3. The smallest absolute Gasteiger partial charge is 0.0104 e. The highest BCUT2D eigenvalue weighted by Gasteiger charge is 2.13. The summed E-state index contributed by atoms with van der Waals surface area (Å²) in [7, 11) is 0. The van der Waals surface area contributed by atoms with Gasteiger partial charge in [0.05, 0.1) is 0 Å². The number of hydrogen-bond donors (Lipinski definition) is 1. The highest BCUT2D eigenvalue weighted by Crippen LogP contribution is 2.29. The molecule has 1 aromatic rings. The molecule has 1 aliphatic carbocycles. The van der Waals surface area contributed by atoms with Crippen LogP contribution in [-0.2, 0) is 12.8 Å². The van der Waals surface area contributed by atoms with E-state index in [2.05, 4.69) is 31.7 Å². The van der Waals surface area contributed by atoms with E-state index in [1.165, 1.54) is 40.8 Å². The van der Waals surface area contributed by atoms with Gasteiger partial charge in [0.1, 0.15) is 0 Å². The molecule has 0 atom stereocenters. The lowest BCUT2D eigenvalue weighted by atomic mass is 10.1. The predicted molar refractivity (Wildman–Crippen MR) is 50.5 cm³/mol. The Morgan fingerprint density at radius 2 is 2.09 bits per heavy atom. The van der Waals surface area contributed by atoms with E-state index < -0.39 is 0 Å². The maximum absolute atomic E-state index is 4.50. The Balaban J connectivity index is 2.62. The van der Waals surface area contributed by atoms with Crippen LogP contribution in [-0.4, -0.2) is 0 Å². The molecule has 0 N–H and O–H groups in total. The van der Waals surface area contributed by atoms with Crippen molar-refractivity contribution < 1.29 is 0 Å². The molecule has 58 valence electrons. The molecule has 0 bridgehead atoms. The Bertz CT molecular complexity index is 289. The van der Waals surface area contributed by atoms with Crippen LogP contribution in [0.3, 0.4) is 0 Å². The van der Waals surface area contributed by atoms with Gasteiger partial charge >= 0.3 is 0 Å². The lowest BCUT2D eigenvalue weighted by Gasteiger charge is -2.05. The zero-order valence-corrected chi connectivity index (χ0v) is 7.62. The molecule has 0 fully saturated rings. The van der Waals surface area contributed by atoms with Crippen LogP contribution in [0.25, 0.3) is 0 Å². The average Bonchev–Trinajstić information content (AvgIpc) is 2.45. The molecule has 1 heteroatoms. The summed E-state index contributed by atoms with van der Waals surface area (Å²) in [4.78, 5) is 1.22. The zero-order valence-electron chi connectivity index (χ0n) is 6.72. The second-order valence-electron chi connectivity index (χ2n) is 3.22. The summed E-state index contributed by atoms with van der Waals surface area (Å²) in [5.41, 5.74) is 4.32. The molecule has 1 aliphatic rings. The van der Waals surface area contributed by atoms with Gasteiger partial charge in [-0.25, -0.2) is 0 Å². The van der Waals surface area contributed by atoms with Crippen molar-refractivity contribution in [1.29, 1.82) is 0 Å². The van der Waals surface area contributed by atoms with Crippen LogP contribution in [0.4, 0.5) is 0 Å². The van der Waals surface area contributed by atoms with E-state index in [0.717, 1.165) is 0 Å². The summed E-state index contributed by atoms with van der Waals surface area (Å²) in [5.74, 6) is 0. The number of thiol groups is 1. The summed E-state index contributed by atoms with van der Waals surface area (Å²) in [5, 5.41) is 0. The minimum absolute atomic E-state index is 1.22. The number of aryl methyl sites for hydroxylation is 2. The van der Waals surface area contributed by atoms with Gasteiger partial charge in [-0.3, -0.25) is 0 Å². The fourth-order valence-electron chi connectivity index (χ4n) is 1.76. The van der Waals surface area contributed by atoms with E-state index in [1.54, 1.807) is 0 Å². The van der Waals surface area contributed by atoms with Crippen molar-refractivity contribution in [3.63, 3.8) is 0 Å². The van der Waals surface area contributed by atoms with Crippen molar-refractivity contribution in [1.82, 2.24) is 0 Å². The van der Waals surface area contributed by atoms with Gasteiger partial charge in [-0.1, -0.05) is 12.1 Å². The fourth-order valence-corrected chi connectivity index (χ4v) is 2.09. The van der Waals surface area contributed by atoms with Gasteiger partial charge in [0.25, 0.3) is 0 Å². The van der Waals surface area contributed by atoms with Gasteiger partial charge < -0.3 is 0 Å². The Labute approximate surface area is 73.0 Å². The maximum Gasteiger partial charge on any atom is 0.0104 e. The molecule has 11 heavy (non-hydrogen) atoms. The minimum Gasteiger partial charge on any atom is -0.143 e. The molecule has 0 nitrogen and oxygen atoms in total. The Kier molecular flexibility index (Phi) is 1.68. The van der Waals surface area contributed by atoms with Gasteiger partial charge in [-0.15, -0.1) is 12.6 Å². The molecule has 0 radical (unpaired) electrons. The average molecular weight is 164 g/mol. The molecule has 2 rings (SSSR count). The first-order chi connectivity index (χ1) is 5.29. The molecule has 0 unspecified atom stereocenters. The largest absolute Gasteiger partial charge is 0.143 e. The van der Waals surface area contributed by atoms with E-state index >= 15 is 0 Å². The number of rotatable bonds is 0. The normalized spacial score (nSPS) is 15.1. The lowest BCUT2D eigenvalue weighted by Crippen LogP contribution is -1.86. The van der Waals surface area contributed by atoms with Crippen LogP contribution in [0.5, 0.6) is 0 Å². The first-order valence-electron chi connectivity index (χ1n) is 4.09. The van der Waals surface area contributed by atoms with Crippen molar-refractivity contribution in [2.24, 2.45) is 0 Å². The van der Waals surface area contributed by atoms with E-state index in [4.69, 9.17) is 0 Å². The minimum atomic E-state index is 1.22. The highest BCUT2D eigenvalue weighted by molar-refractivity contribution is 7.80. The fraction of sp³-hybridized carbons (Fsp3) is 0.400. The van der Waals surface area contributed by atoms with E-state index in [9.17, 15) is 0 Å². The van der Waals surface area contributed by atoms with Gasteiger partial charge in [-0.2, -0.15) is 0 Å². The second kappa shape index (κ2) is 2.56. The topological polar surface area (TPSA) is 0 Å². The predicted octanol–water partition coefficient (Wildman–Crippen LogP) is 2.77. The Morgan fingerprint density at radius 3 is 2.91 bits per heavy atom. The van der Waals surface area contributed by atoms with E-state index in [0.29, 0.717) is 0 Å². The molecular weight excluding hydrogens is 152 g/mol. The molecule has 0 aromatic heterocycles. The molecule has 1 aromatic carbocycles. The molecule has 0 saturated heterocycles. The molecular formula is C10H12S. The molecule has 0 aliphatic heterocycles. The van der Waals surface area contributed by atoms with Crippen molar-refractivity contribution in [2.75, 3.05) is 0 Å². The molecule has 0 spiro atoms. The third-order valence-electron chi connectivity index (χ3n) is 2.45. The van der Waals surface area contributed by atoms with Crippen molar-refractivity contribution in [2.45, 2.75) is 31.1 Å². The molecule has 0 amide bonds. The second-order valence-corrected chi connectivity index (χ2v) is 3.67. The number of hydrogen-bond acceptors (Lipinski definition) is 1. The molecule has 0 heterocycles. The summed E-state index contributed by atoms with van der Waals surface area (Å²) >= 11 is 4.50. The van der Waals surface area contributed by atoms with Crippen LogP contribution in [0.15, 0.2) is 17.0 Å². The summed E-state index contributed by atoms with van der Waals surface area (Å²) in [6.45, 7) is 2.13. The Hall–Kier alpha value is -0.430. The van der Waals surface area contributed by atoms with Gasteiger partial charge in [0.2, 0.25) is 0 Å². The quantitative estimate of drug-likeness (QED) is 0.560. The van der Waals surface area contributed by atoms with Crippen LogP contribution in [0.1, 0.15) is 23.1 Å². The third-order valence-corrected chi connectivity index (χ3v) is 3.08. The van der Waals surface area contributed by atoms with E-state index in [1.807, 2.05) is 0 Å². The summed E-state index contributed by atoms with van der Waals surface area (Å²) < 4.78 is 0.